The highest BCUT2D eigenvalue weighted by Crippen LogP contribution is 2.39. The van der Waals surface area contributed by atoms with E-state index in [9.17, 15) is 0 Å². The molecule has 100 valence electrons. The fourth-order valence-corrected chi connectivity index (χ4v) is 3.50. The highest BCUT2D eigenvalue weighted by molar-refractivity contribution is 5.15. The maximum absolute atomic E-state index is 2.48. The Morgan fingerprint density at radius 2 is 1.82 bits per heavy atom. The van der Waals surface area contributed by atoms with E-state index >= 15 is 0 Å². The van der Waals surface area contributed by atoms with Gasteiger partial charge in [-0.25, -0.2) is 0 Å². The summed E-state index contributed by atoms with van der Waals surface area (Å²) in [6.45, 7) is 14.4. The summed E-state index contributed by atoms with van der Waals surface area (Å²) in [6, 6.07) is 0. The highest BCUT2D eigenvalue weighted by atomic mass is 14.3. The van der Waals surface area contributed by atoms with Crippen LogP contribution in [0.1, 0.15) is 73.6 Å². The van der Waals surface area contributed by atoms with Crippen molar-refractivity contribution >= 4 is 0 Å². The van der Waals surface area contributed by atoms with Gasteiger partial charge in [-0.3, -0.25) is 0 Å². The fourth-order valence-electron chi connectivity index (χ4n) is 3.50. The lowest BCUT2D eigenvalue weighted by Gasteiger charge is -2.29. The second-order valence-electron chi connectivity index (χ2n) is 6.49. The van der Waals surface area contributed by atoms with Crippen LogP contribution in [0.3, 0.4) is 0 Å². The maximum atomic E-state index is 2.48. The Morgan fingerprint density at radius 1 is 1.18 bits per heavy atom. The minimum atomic E-state index is 0.878. The van der Waals surface area contributed by atoms with Gasteiger partial charge in [0, 0.05) is 0 Å². The van der Waals surface area contributed by atoms with Crippen molar-refractivity contribution in [1.82, 2.24) is 0 Å². The summed E-state index contributed by atoms with van der Waals surface area (Å²) in [5.41, 5.74) is 3.45. The van der Waals surface area contributed by atoms with E-state index in [0.29, 0.717) is 0 Å². The van der Waals surface area contributed by atoms with Crippen molar-refractivity contribution in [2.24, 2.45) is 23.7 Å². The van der Waals surface area contributed by atoms with E-state index in [1.54, 1.807) is 11.1 Å². The Labute approximate surface area is 109 Å². The van der Waals surface area contributed by atoms with Gasteiger partial charge in [0.25, 0.3) is 0 Å². The smallest absolute Gasteiger partial charge is 0.0289 e. The zero-order valence-electron chi connectivity index (χ0n) is 12.8. The van der Waals surface area contributed by atoms with Gasteiger partial charge in [0.2, 0.25) is 0 Å². The lowest BCUT2D eigenvalue weighted by molar-refractivity contribution is 0.222. The highest BCUT2D eigenvalue weighted by Gasteiger charge is 2.27. The zero-order valence-corrected chi connectivity index (χ0v) is 12.8. The van der Waals surface area contributed by atoms with Gasteiger partial charge in [-0.15, -0.1) is 0 Å². The standard InChI is InChI=1S/C17H32/c1-7-13(4)15(6)17-10-12(3)9-16(8-2)14(5)11-17/h12-13,15,17H,7-11H2,1-6H3. The van der Waals surface area contributed by atoms with Gasteiger partial charge in [0.15, 0.2) is 0 Å². The Balaban J connectivity index is 2.78. The summed E-state index contributed by atoms with van der Waals surface area (Å²) in [7, 11) is 0. The van der Waals surface area contributed by atoms with E-state index in [4.69, 9.17) is 0 Å². The maximum Gasteiger partial charge on any atom is -0.0289 e. The van der Waals surface area contributed by atoms with Crippen LogP contribution in [0.4, 0.5) is 0 Å². The molecular weight excluding hydrogens is 204 g/mol. The first-order valence-electron chi connectivity index (χ1n) is 7.66. The van der Waals surface area contributed by atoms with Crippen molar-refractivity contribution in [3.8, 4) is 0 Å². The first-order valence-corrected chi connectivity index (χ1v) is 7.66. The average Bonchev–Trinajstić information content (AvgIpc) is 2.46. The van der Waals surface area contributed by atoms with Crippen LogP contribution in [0.25, 0.3) is 0 Å². The van der Waals surface area contributed by atoms with Crippen LogP contribution in [-0.2, 0) is 0 Å². The molecule has 0 saturated carbocycles. The molecule has 0 aromatic carbocycles. The van der Waals surface area contributed by atoms with Gasteiger partial charge >= 0.3 is 0 Å². The quantitative estimate of drug-likeness (QED) is 0.539. The van der Waals surface area contributed by atoms with Crippen LogP contribution in [0.15, 0.2) is 11.1 Å². The molecule has 4 unspecified atom stereocenters. The molecule has 0 bridgehead atoms. The molecule has 4 atom stereocenters. The summed E-state index contributed by atoms with van der Waals surface area (Å²) >= 11 is 0. The van der Waals surface area contributed by atoms with Crippen molar-refractivity contribution in [2.45, 2.75) is 73.6 Å². The van der Waals surface area contributed by atoms with E-state index < -0.39 is 0 Å². The third-order valence-corrected chi connectivity index (χ3v) is 5.18. The topological polar surface area (TPSA) is 0 Å². The molecule has 0 nitrogen and oxygen atoms in total. The molecule has 0 saturated heterocycles. The van der Waals surface area contributed by atoms with E-state index in [1.165, 1.54) is 32.1 Å². The third kappa shape index (κ3) is 3.86. The molecule has 0 radical (unpaired) electrons. The second kappa shape index (κ2) is 6.61. The van der Waals surface area contributed by atoms with Crippen LogP contribution in [-0.4, -0.2) is 0 Å². The molecule has 0 amide bonds. The van der Waals surface area contributed by atoms with Gasteiger partial charge in [-0.1, -0.05) is 52.2 Å². The van der Waals surface area contributed by atoms with Crippen LogP contribution in [0.5, 0.6) is 0 Å². The predicted molar refractivity (Wildman–Crippen MR) is 78.1 cm³/mol. The number of hydrogen-bond donors (Lipinski definition) is 0. The molecule has 0 heterocycles. The second-order valence-corrected chi connectivity index (χ2v) is 6.49. The van der Waals surface area contributed by atoms with E-state index in [1.807, 2.05) is 0 Å². The molecular formula is C17H32. The largest absolute Gasteiger partial charge is 0.0738 e. The summed E-state index contributed by atoms with van der Waals surface area (Å²) in [5.74, 6) is 3.57. The minimum absolute atomic E-state index is 0.878. The van der Waals surface area contributed by atoms with Crippen molar-refractivity contribution < 1.29 is 0 Å². The Hall–Kier alpha value is -0.260. The molecule has 1 rings (SSSR count). The van der Waals surface area contributed by atoms with Crippen LogP contribution < -0.4 is 0 Å². The van der Waals surface area contributed by atoms with Crippen molar-refractivity contribution in [2.75, 3.05) is 0 Å². The predicted octanol–water partition coefficient (Wildman–Crippen LogP) is 5.83. The van der Waals surface area contributed by atoms with E-state index in [-0.39, 0.29) is 0 Å². The lowest BCUT2D eigenvalue weighted by atomic mass is 9.76. The summed E-state index contributed by atoms with van der Waals surface area (Å²) in [4.78, 5) is 0. The summed E-state index contributed by atoms with van der Waals surface area (Å²) in [6.07, 6.45) is 6.74. The molecule has 1 aliphatic rings. The van der Waals surface area contributed by atoms with E-state index in [2.05, 4.69) is 41.5 Å². The summed E-state index contributed by atoms with van der Waals surface area (Å²) < 4.78 is 0. The summed E-state index contributed by atoms with van der Waals surface area (Å²) in [5, 5.41) is 0. The fraction of sp³-hybridized carbons (Fsp3) is 0.882. The molecule has 17 heavy (non-hydrogen) atoms. The monoisotopic (exact) mass is 236 g/mol. The van der Waals surface area contributed by atoms with Gasteiger partial charge in [0.1, 0.15) is 0 Å². The minimum Gasteiger partial charge on any atom is -0.0738 e. The Kier molecular flexibility index (Phi) is 5.76. The Morgan fingerprint density at radius 3 is 2.35 bits per heavy atom. The SMILES string of the molecule is CCC1=C(C)CC(C(C)C(C)CC)CC(C)C1. The molecule has 1 aliphatic carbocycles. The van der Waals surface area contributed by atoms with Crippen LogP contribution in [0.2, 0.25) is 0 Å². The average molecular weight is 236 g/mol. The third-order valence-electron chi connectivity index (χ3n) is 5.18. The van der Waals surface area contributed by atoms with Crippen LogP contribution >= 0.6 is 0 Å². The van der Waals surface area contributed by atoms with Gasteiger partial charge in [-0.05, 0) is 56.3 Å². The van der Waals surface area contributed by atoms with Gasteiger partial charge in [0.05, 0.1) is 0 Å². The first kappa shape index (κ1) is 14.8. The van der Waals surface area contributed by atoms with Crippen LogP contribution in [0, 0.1) is 23.7 Å². The zero-order chi connectivity index (χ0) is 13.0. The molecule has 0 aromatic heterocycles. The normalized spacial score (nSPS) is 30.0. The molecule has 0 fully saturated rings. The molecule has 0 aliphatic heterocycles. The molecule has 0 aromatic rings. The first-order chi connectivity index (χ1) is 7.99. The molecule has 0 heteroatoms. The van der Waals surface area contributed by atoms with Gasteiger partial charge in [-0.2, -0.15) is 0 Å². The number of allylic oxidation sites excluding steroid dienone is 2. The van der Waals surface area contributed by atoms with Crippen molar-refractivity contribution in [3.63, 3.8) is 0 Å². The molecule has 0 spiro atoms. The number of hydrogen-bond acceptors (Lipinski definition) is 0. The van der Waals surface area contributed by atoms with Crippen molar-refractivity contribution in [1.29, 1.82) is 0 Å². The number of rotatable bonds is 4. The van der Waals surface area contributed by atoms with Gasteiger partial charge < -0.3 is 0 Å². The lowest BCUT2D eigenvalue weighted by Crippen LogP contribution is -2.20. The Bertz CT molecular complexity index is 261. The molecule has 0 N–H and O–H groups in total. The van der Waals surface area contributed by atoms with Crippen molar-refractivity contribution in [3.05, 3.63) is 11.1 Å². The van der Waals surface area contributed by atoms with E-state index in [0.717, 1.165) is 23.7 Å².